The van der Waals surface area contributed by atoms with Gasteiger partial charge in [0.25, 0.3) is 0 Å². The Morgan fingerprint density at radius 2 is 1.84 bits per heavy atom. The highest BCUT2D eigenvalue weighted by Gasteiger charge is 2.42. The fourth-order valence-electron chi connectivity index (χ4n) is 2.04. The van der Waals surface area contributed by atoms with Crippen LogP contribution < -0.4 is 5.32 Å². The lowest BCUT2D eigenvalue weighted by Gasteiger charge is -2.41. The van der Waals surface area contributed by atoms with E-state index < -0.39 is 26.7 Å². The van der Waals surface area contributed by atoms with Crippen molar-refractivity contribution >= 4 is 21.7 Å². The van der Waals surface area contributed by atoms with Gasteiger partial charge in [0.2, 0.25) is 11.8 Å². The molecule has 19 heavy (non-hydrogen) atoms. The molecule has 0 saturated carbocycles. The third-order valence-electron chi connectivity index (χ3n) is 3.63. The van der Waals surface area contributed by atoms with Gasteiger partial charge in [-0.3, -0.25) is 9.59 Å². The molecule has 0 radical (unpaired) electrons. The molecule has 1 saturated heterocycles. The van der Waals surface area contributed by atoms with Crippen LogP contribution in [0.25, 0.3) is 0 Å². The lowest BCUT2D eigenvalue weighted by atomic mass is 10.0. The number of hydrogen-bond donors (Lipinski definition) is 1. The Labute approximate surface area is 114 Å². The van der Waals surface area contributed by atoms with E-state index >= 15 is 0 Å². The fourth-order valence-corrected chi connectivity index (χ4v) is 2.41. The van der Waals surface area contributed by atoms with Crippen molar-refractivity contribution in [3.05, 3.63) is 0 Å². The van der Waals surface area contributed by atoms with E-state index in [0.29, 0.717) is 6.42 Å². The van der Waals surface area contributed by atoms with Crippen LogP contribution >= 0.6 is 0 Å². The van der Waals surface area contributed by atoms with Crippen molar-refractivity contribution in [3.63, 3.8) is 0 Å². The van der Waals surface area contributed by atoms with Crippen LogP contribution in [0.4, 0.5) is 0 Å². The third-order valence-corrected chi connectivity index (χ3v) is 5.77. The maximum Gasteiger partial charge on any atom is 0.245 e. The summed E-state index contributed by atoms with van der Waals surface area (Å²) >= 11 is 0. The van der Waals surface area contributed by atoms with Gasteiger partial charge in [-0.15, -0.1) is 0 Å². The maximum absolute atomic E-state index is 12.2. The third kappa shape index (κ3) is 3.08. The summed E-state index contributed by atoms with van der Waals surface area (Å²) in [4.78, 5) is 25.4. The van der Waals surface area contributed by atoms with Crippen molar-refractivity contribution in [1.29, 1.82) is 0 Å². The lowest BCUT2D eigenvalue weighted by Crippen LogP contribution is -2.64. The number of carbonyl (C=O) groups excluding carboxylic acids is 2. The summed E-state index contributed by atoms with van der Waals surface area (Å²) in [6.07, 6.45) is 1.61. The molecule has 0 spiro atoms. The molecule has 110 valence electrons. The van der Waals surface area contributed by atoms with E-state index in [1.807, 2.05) is 0 Å². The summed E-state index contributed by atoms with van der Waals surface area (Å²) in [6.45, 7) is 6.57. The van der Waals surface area contributed by atoms with Gasteiger partial charge in [0, 0.05) is 12.8 Å². The van der Waals surface area contributed by atoms with E-state index in [1.54, 1.807) is 27.7 Å². The van der Waals surface area contributed by atoms with Crippen molar-refractivity contribution in [2.75, 3.05) is 12.8 Å². The number of amides is 2. The Morgan fingerprint density at radius 1 is 1.32 bits per heavy atom. The summed E-state index contributed by atoms with van der Waals surface area (Å²) in [5.41, 5.74) is 0. The Bertz CT molecular complexity index is 484. The average molecular weight is 290 g/mol. The second kappa shape index (κ2) is 5.11. The molecule has 1 heterocycles. The van der Waals surface area contributed by atoms with E-state index in [9.17, 15) is 18.0 Å². The zero-order valence-corrected chi connectivity index (χ0v) is 12.9. The fraction of sp³-hybridized carbons (Fsp3) is 0.833. The summed E-state index contributed by atoms with van der Waals surface area (Å²) in [6, 6.07) is -1.20. The highest BCUT2D eigenvalue weighted by molar-refractivity contribution is 7.92. The second-order valence-corrected chi connectivity index (χ2v) is 8.30. The molecular formula is C12H22N2O4S. The second-order valence-electron chi connectivity index (χ2n) is 5.65. The molecule has 0 aliphatic carbocycles. The summed E-state index contributed by atoms with van der Waals surface area (Å²) in [7, 11) is -3.32. The first kappa shape index (κ1) is 15.9. The van der Waals surface area contributed by atoms with E-state index in [2.05, 4.69) is 5.32 Å². The molecule has 0 aromatic heterocycles. The lowest BCUT2D eigenvalue weighted by molar-refractivity contribution is -0.149. The molecular weight excluding hydrogens is 268 g/mol. The van der Waals surface area contributed by atoms with Gasteiger partial charge >= 0.3 is 0 Å². The number of hydrogen-bond acceptors (Lipinski definition) is 4. The van der Waals surface area contributed by atoms with Gasteiger partial charge in [-0.25, -0.2) is 8.42 Å². The number of sulfone groups is 1. The van der Waals surface area contributed by atoms with E-state index in [1.165, 1.54) is 4.90 Å². The SMILES string of the molecule is CCC1C(=O)NC(C)C(=O)N1CC(C)(C)S(C)(=O)=O. The van der Waals surface area contributed by atoms with Gasteiger partial charge < -0.3 is 10.2 Å². The molecule has 0 bridgehead atoms. The minimum Gasteiger partial charge on any atom is -0.343 e. The molecule has 1 fully saturated rings. The standard InChI is InChI=1S/C12H22N2O4S/c1-6-9-10(15)13-8(2)11(16)14(9)7-12(3,4)19(5,17)18/h8-9H,6-7H2,1-5H3,(H,13,15). The minimum absolute atomic E-state index is 0.0287. The summed E-state index contributed by atoms with van der Waals surface area (Å²) in [5.74, 6) is -0.456. The van der Waals surface area contributed by atoms with Crippen LogP contribution in [0.1, 0.15) is 34.1 Å². The van der Waals surface area contributed by atoms with Crippen LogP contribution in [0.15, 0.2) is 0 Å². The topological polar surface area (TPSA) is 83.6 Å². The zero-order valence-electron chi connectivity index (χ0n) is 12.1. The molecule has 1 rings (SSSR count). The van der Waals surface area contributed by atoms with Crippen LogP contribution in [0, 0.1) is 0 Å². The summed E-state index contributed by atoms with van der Waals surface area (Å²) < 4.78 is 22.4. The van der Waals surface area contributed by atoms with E-state index in [0.717, 1.165) is 6.26 Å². The molecule has 0 aromatic rings. The smallest absolute Gasteiger partial charge is 0.245 e. The largest absolute Gasteiger partial charge is 0.343 e. The van der Waals surface area contributed by atoms with Crippen molar-refractivity contribution in [2.24, 2.45) is 0 Å². The quantitative estimate of drug-likeness (QED) is 0.786. The van der Waals surface area contributed by atoms with Crippen molar-refractivity contribution in [2.45, 2.75) is 50.9 Å². The van der Waals surface area contributed by atoms with Crippen molar-refractivity contribution in [3.8, 4) is 0 Å². The van der Waals surface area contributed by atoms with Gasteiger partial charge in [0.1, 0.15) is 12.1 Å². The highest BCUT2D eigenvalue weighted by atomic mass is 32.2. The average Bonchev–Trinajstić information content (AvgIpc) is 2.24. The number of nitrogens with zero attached hydrogens (tertiary/aromatic N) is 1. The molecule has 1 aliphatic rings. The molecule has 2 amide bonds. The molecule has 7 heteroatoms. The summed E-state index contributed by atoms with van der Waals surface area (Å²) in [5, 5.41) is 2.60. The molecule has 1 aliphatic heterocycles. The van der Waals surface area contributed by atoms with Gasteiger partial charge in [-0.05, 0) is 27.2 Å². The van der Waals surface area contributed by atoms with Gasteiger partial charge in [-0.1, -0.05) is 6.92 Å². The monoisotopic (exact) mass is 290 g/mol. The van der Waals surface area contributed by atoms with Gasteiger partial charge in [0.05, 0.1) is 4.75 Å². The molecule has 1 N–H and O–H groups in total. The van der Waals surface area contributed by atoms with Crippen molar-refractivity contribution in [1.82, 2.24) is 10.2 Å². The maximum atomic E-state index is 12.2. The molecule has 0 aromatic carbocycles. The zero-order chi connectivity index (χ0) is 15.0. The highest BCUT2D eigenvalue weighted by Crippen LogP contribution is 2.22. The van der Waals surface area contributed by atoms with Crippen LogP contribution in [0.2, 0.25) is 0 Å². The number of rotatable bonds is 4. The Hall–Kier alpha value is -1.11. The molecule has 2 atom stereocenters. The first-order valence-corrected chi connectivity index (χ1v) is 8.21. The number of piperazine rings is 1. The molecule has 2 unspecified atom stereocenters. The predicted octanol–water partition coefficient (Wildman–Crippen LogP) is -0.0649. The predicted molar refractivity (Wildman–Crippen MR) is 72.3 cm³/mol. The van der Waals surface area contributed by atoms with E-state index in [-0.39, 0.29) is 18.4 Å². The minimum atomic E-state index is -3.32. The normalized spacial score (nSPS) is 25.4. The Morgan fingerprint density at radius 3 is 2.26 bits per heavy atom. The van der Waals surface area contributed by atoms with Crippen LogP contribution in [-0.2, 0) is 19.4 Å². The first-order chi connectivity index (χ1) is 8.51. The number of carbonyl (C=O) groups is 2. The van der Waals surface area contributed by atoms with Crippen LogP contribution in [0.5, 0.6) is 0 Å². The van der Waals surface area contributed by atoms with Crippen LogP contribution in [0.3, 0.4) is 0 Å². The van der Waals surface area contributed by atoms with Crippen LogP contribution in [-0.4, -0.2) is 54.8 Å². The van der Waals surface area contributed by atoms with Crippen molar-refractivity contribution < 1.29 is 18.0 Å². The number of nitrogens with one attached hydrogen (secondary N) is 1. The first-order valence-electron chi connectivity index (χ1n) is 6.31. The molecule has 6 nitrogen and oxygen atoms in total. The van der Waals surface area contributed by atoms with E-state index in [4.69, 9.17) is 0 Å². The Kier molecular flexibility index (Phi) is 4.29. The van der Waals surface area contributed by atoms with Gasteiger partial charge in [0.15, 0.2) is 9.84 Å². The Balaban J connectivity index is 3.07. The van der Waals surface area contributed by atoms with Gasteiger partial charge in [-0.2, -0.15) is 0 Å².